The van der Waals surface area contributed by atoms with Crippen LogP contribution in [0.2, 0.25) is 0 Å². The van der Waals surface area contributed by atoms with Crippen LogP contribution >= 0.6 is 15.9 Å². The first-order valence-corrected chi connectivity index (χ1v) is 7.19. The molecule has 84 valence electrons. The van der Waals surface area contributed by atoms with E-state index >= 15 is 0 Å². The highest BCUT2D eigenvalue weighted by molar-refractivity contribution is 9.09. The van der Waals surface area contributed by atoms with E-state index in [9.17, 15) is 8.42 Å². The van der Waals surface area contributed by atoms with Crippen molar-refractivity contribution in [2.24, 2.45) is 0 Å². The number of aromatic amines is 1. The zero-order valence-corrected chi connectivity index (χ0v) is 10.7. The van der Waals surface area contributed by atoms with Crippen molar-refractivity contribution in [3.05, 3.63) is 11.9 Å². The lowest BCUT2D eigenvalue weighted by Crippen LogP contribution is -2.38. The minimum absolute atomic E-state index is 0.231. The maximum Gasteiger partial charge on any atom is 0.244 e. The van der Waals surface area contributed by atoms with Crippen molar-refractivity contribution in [3.63, 3.8) is 0 Å². The number of alkyl halides is 1. The maximum atomic E-state index is 11.9. The van der Waals surface area contributed by atoms with Crippen LogP contribution in [-0.4, -0.2) is 29.5 Å². The Balaban J connectivity index is 2.25. The summed E-state index contributed by atoms with van der Waals surface area (Å²) in [4.78, 5) is 0.231. The standard InChI is InChI=1S/C8H12BrN3O2S/c1-6-7(4-10-11-6)15(13,14)12-8(5-9)2-3-8/h4,12H,2-3,5H2,1H3,(H,10,11). The summed E-state index contributed by atoms with van der Waals surface area (Å²) in [5.41, 5.74) is 0.288. The molecule has 0 unspecified atom stereocenters. The van der Waals surface area contributed by atoms with Crippen molar-refractivity contribution in [2.75, 3.05) is 5.33 Å². The number of H-pyrrole nitrogens is 1. The Morgan fingerprint density at radius 2 is 2.33 bits per heavy atom. The van der Waals surface area contributed by atoms with Gasteiger partial charge in [0.1, 0.15) is 4.90 Å². The Labute approximate surface area is 96.8 Å². The topological polar surface area (TPSA) is 74.8 Å². The monoisotopic (exact) mass is 293 g/mol. The average molecular weight is 294 g/mol. The summed E-state index contributed by atoms with van der Waals surface area (Å²) in [6, 6.07) is 0. The third kappa shape index (κ3) is 2.09. The number of hydrogen-bond acceptors (Lipinski definition) is 3. The Hall–Kier alpha value is -0.400. The third-order valence-corrected chi connectivity index (χ3v) is 5.30. The molecule has 1 fully saturated rings. The molecule has 1 aliphatic carbocycles. The molecule has 0 amide bonds. The number of nitrogens with one attached hydrogen (secondary N) is 2. The highest BCUT2D eigenvalue weighted by atomic mass is 79.9. The number of hydrogen-bond donors (Lipinski definition) is 2. The van der Waals surface area contributed by atoms with E-state index in [2.05, 4.69) is 30.8 Å². The minimum atomic E-state index is -3.43. The molecule has 1 saturated carbocycles. The lowest BCUT2D eigenvalue weighted by atomic mass is 10.4. The SMILES string of the molecule is Cc1[nH]ncc1S(=O)(=O)NC1(CBr)CC1. The molecule has 1 heterocycles. The van der Waals surface area contributed by atoms with Gasteiger partial charge in [-0.3, -0.25) is 5.10 Å². The molecule has 0 aromatic carbocycles. The summed E-state index contributed by atoms with van der Waals surface area (Å²) in [7, 11) is -3.43. The van der Waals surface area contributed by atoms with Gasteiger partial charge in [0.25, 0.3) is 0 Å². The van der Waals surface area contributed by atoms with E-state index in [0.717, 1.165) is 12.8 Å². The first-order valence-electron chi connectivity index (χ1n) is 4.59. The van der Waals surface area contributed by atoms with Gasteiger partial charge in [-0.1, -0.05) is 15.9 Å². The molecule has 5 nitrogen and oxygen atoms in total. The van der Waals surface area contributed by atoms with Gasteiger partial charge in [-0.25, -0.2) is 13.1 Å². The van der Waals surface area contributed by atoms with Crippen LogP contribution in [0.25, 0.3) is 0 Å². The van der Waals surface area contributed by atoms with Crippen molar-refractivity contribution in [1.29, 1.82) is 0 Å². The van der Waals surface area contributed by atoms with E-state index in [4.69, 9.17) is 0 Å². The molecule has 1 aromatic heterocycles. The van der Waals surface area contributed by atoms with E-state index in [1.54, 1.807) is 6.92 Å². The van der Waals surface area contributed by atoms with E-state index in [1.165, 1.54) is 6.20 Å². The number of sulfonamides is 1. The number of nitrogens with zero attached hydrogens (tertiary/aromatic N) is 1. The smallest absolute Gasteiger partial charge is 0.244 e. The van der Waals surface area contributed by atoms with Crippen molar-refractivity contribution in [2.45, 2.75) is 30.2 Å². The molecule has 15 heavy (non-hydrogen) atoms. The molecular formula is C8H12BrN3O2S. The fourth-order valence-electron chi connectivity index (χ4n) is 1.36. The van der Waals surface area contributed by atoms with Crippen molar-refractivity contribution < 1.29 is 8.42 Å². The predicted molar refractivity (Wildman–Crippen MR) is 59.4 cm³/mol. The van der Waals surface area contributed by atoms with Crippen molar-refractivity contribution >= 4 is 26.0 Å². The third-order valence-electron chi connectivity index (χ3n) is 2.53. The summed E-state index contributed by atoms with van der Waals surface area (Å²) in [6.45, 7) is 1.69. The van der Waals surface area contributed by atoms with Gasteiger partial charge >= 0.3 is 0 Å². The Kier molecular flexibility index (Phi) is 2.64. The largest absolute Gasteiger partial charge is 0.281 e. The minimum Gasteiger partial charge on any atom is -0.281 e. The van der Waals surface area contributed by atoms with Gasteiger partial charge in [-0.05, 0) is 19.8 Å². The van der Waals surface area contributed by atoms with Gasteiger partial charge in [-0.2, -0.15) is 5.10 Å². The second kappa shape index (κ2) is 3.57. The quantitative estimate of drug-likeness (QED) is 0.811. The van der Waals surface area contributed by atoms with Gasteiger partial charge in [0.05, 0.1) is 11.9 Å². The Bertz CT molecular complexity index is 464. The van der Waals surface area contributed by atoms with Crippen LogP contribution in [0.15, 0.2) is 11.1 Å². The summed E-state index contributed by atoms with van der Waals surface area (Å²) in [5, 5.41) is 6.98. The van der Waals surface area contributed by atoms with E-state index in [0.29, 0.717) is 11.0 Å². The molecule has 0 bridgehead atoms. The first kappa shape index (κ1) is 11.1. The number of halogens is 1. The average Bonchev–Trinajstić information content (AvgIpc) is 2.78. The van der Waals surface area contributed by atoms with Crippen LogP contribution in [0, 0.1) is 6.92 Å². The molecule has 0 aliphatic heterocycles. The molecule has 0 radical (unpaired) electrons. The van der Waals surface area contributed by atoms with Gasteiger partial charge in [-0.15, -0.1) is 0 Å². The van der Waals surface area contributed by atoms with Crippen molar-refractivity contribution in [3.8, 4) is 0 Å². The maximum absolute atomic E-state index is 11.9. The van der Waals surface area contributed by atoms with Crippen molar-refractivity contribution in [1.82, 2.24) is 14.9 Å². The molecule has 7 heteroatoms. The van der Waals surface area contributed by atoms with Crippen LogP contribution in [0.1, 0.15) is 18.5 Å². The number of aromatic nitrogens is 2. The van der Waals surface area contributed by atoms with Crippen LogP contribution in [-0.2, 0) is 10.0 Å². The highest BCUT2D eigenvalue weighted by Crippen LogP contribution is 2.38. The molecular weight excluding hydrogens is 282 g/mol. The van der Waals surface area contributed by atoms with Gasteiger partial charge in [0, 0.05) is 10.9 Å². The fourth-order valence-corrected chi connectivity index (χ4v) is 3.85. The zero-order chi connectivity index (χ0) is 11.1. The molecule has 0 atom stereocenters. The zero-order valence-electron chi connectivity index (χ0n) is 8.25. The van der Waals surface area contributed by atoms with E-state index < -0.39 is 10.0 Å². The van der Waals surface area contributed by atoms with Crippen LogP contribution in [0.3, 0.4) is 0 Å². The van der Waals surface area contributed by atoms with E-state index in [1.807, 2.05) is 0 Å². The second-order valence-corrected chi connectivity index (χ2v) is 6.09. The Morgan fingerprint density at radius 1 is 1.67 bits per heavy atom. The summed E-state index contributed by atoms with van der Waals surface area (Å²) >= 11 is 3.32. The second-order valence-electron chi connectivity index (χ2n) is 3.88. The van der Waals surface area contributed by atoms with Crippen LogP contribution in [0.4, 0.5) is 0 Å². The summed E-state index contributed by atoms with van der Waals surface area (Å²) in [5.74, 6) is 0. The molecule has 2 rings (SSSR count). The lowest BCUT2D eigenvalue weighted by molar-refractivity contribution is 0.560. The number of rotatable bonds is 4. The first-order chi connectivity index (χ1) is 6.99. The summed E-state index contributed by atoms with van der Waals surface area (Å²) in [6.07, 6.45) is 3.10. The molecule has 0 saturated heterocycles. The highest BCUT2D eigenvalue weighted by Gasteiger charge is 2.45. The predicted octanol–water partition coefficient (Wildman–Crippen LogP) is 0.924. The summed E-state index contributed by atoms with van der Waals surface area (Å²) < 4.78 is 26.6. The molecule has 2 N–H and O–H groups in total. The molecule has 1 aromatic rings. The van der Waals surface area contributed by atoms with Crippen LogP contribution in [0.5, 0.6) is 0 Å². The Morgan fingerprint density at radius 3 is 2.73 bits per heavy atom. The molecule has 1 aliphatic rings. The van der Waals surface area contributed by atoms with E-state index in [-0.39, 0.29) is 10.4 Å². The fraction of sp³-hybridized carbons (Fsp3) is 0.625. The normalized spacial score (nSPS) is 19.1. The lowest BCUT2D eigenvalue weighted by Gasteiger charge is -2.13. The van der Waals surface area contributed by atoms with Crippen LogP contribution < -0.4 is 4.72 Å². The molecule has 0 spiro atoms. The van der Waals surface area contributed by atoms with Gasteiger partial charge in [0.15, 0.2) is 0 Å². The van der Waals surface area contributed by atoms with Gasteiger partial charge in [0.2, 0.25) is 10.0 Å². The number of aryl methyl sites for hydroxylation is 1. The van der Waals surface area contributed by atoms with Gasteiger partial charge < -0.3 is 0 Å².